The second-order valence-corrected chi connectivity index (χ2v) is 5.68. The molecule has 3 heterocycles. The van der Waals surface area contributed by atoms with Crippen molar-refractivity contribution < 1.29 is 23.7 Å². The van der Waals surface area contributed by atoms with E-state index in [2.05, 4.69) is 9.97 Å². The number of hydrogen-bond donors (Lipinski definition) is 1. The first-order valence-electron chi connectivity index (χ1n) is 8.14. The number of nitrogen functional groups attached to an aromatic ring is 1. The molecule has 1 aromatic carbocycles. The summed E-state index contributed by atoms with van der Waals surface area (Å²) in [5, 5.41) is 0. The van der Waals surface area contributed by atoms with Gasteiger partial charge in [-0.25, -0.2) is 4.98 Å². The molecule has 1 aromatic heterocycles. The van der Waals surface area contributed by atoms with Crippen LogP contribution in [0.5, 0.6) is 17.4 Å². The van der Waals surface area contributed by atoms with Crippen molar-refractivity contribution in [3.8, 4) is 28.5 Å². The van der Waals surface area contributed by atoms with Crippen molar-refractivity contribution in [1.29, 1.82) is 0 Å². The summed E-state index contributed by atoms with van der Waals surface area (Å²) in [6.45, 7) is 3.08. The van der Waals surface area contributed by atoms with Crippen LogP contribution in [-0.4, -0.2) is 55.7 Å². The van der Waals surface area contributed by atoms with Gasteiger partial charge < -0.3 is 29.4 Å². The molecule has 4 rings (SSSR count). The maximum absolute atomic E-state index is 5.85. The number of rotatable bonds is 4. The fourth-order valence-electron chi connectivity index (χ4n) is 2.70. The minimum atomic E-state index is -0.127. The van der Waals surface area contributed by atoms with E-state index in [0.717, 1.165) is 16.9 Å². The second kappa shape index (κ2) is 7.12. The van der Waals surface area contributed by atoms with Gasteiger partial charge in [0.2, 0.25) is 11.8 Å². The average Bonchev–Trinajstić information content (AvgIpc) is 2.67. The lowest BCUT2D eigenvalue weighted by molar-refractivity contribution is -0.101. The van der Waals surface area contributed by atoms with Crippen LogP contribution in [-0.2, 0) is 9.47 Å². The molecule has 1 fully saturated rings. The molecule has 0 amide bonds. The van der Waals surface area contributed by atoms with Crippen LogP contribution < -0.4 is 19.9 Å². The number of fused-ring (bicyclic) bond motifs is 1. The molecule has 0 spiro atoms. The van der Waals surface area contributed by atoms with E-state index in [9.17, 15) is 0 Å². The molecule has 132 valence electrons. The van der Waals surface area contributed by atoms with Crippen LogP contribution in [0.2, 0.25) is 0 Å². The molecule has 1 saturated heterocycles. The van der Waals surface area contributed by atoms with Gasteiger partial charge in [0, 0.05) is 6.20 Å². The summed E-state index contributed by atoms with van der Waals surface area (Å²) in [6, 6.07) is 5.66. The van der Waals surface area contributed by atoms with E-state index < -0.39 is 0 Å². The largest absolute Gasteiger partial charge is 0.486 e. The summed E-state index contributed by atoms with van der Waals surface area (Å²) in [4.78, 5) is 8.30. The Balaban J connectivity index is 1.58. The van der Waals surface area contributed by atoms with Gasteiger partial charge in [0.15, 0.2) is 11.5 Å². The highest BCUT2D eigenvalue weighted by atomic mass is 16.6. The van der Waals surface area contributed by atoms with Crippen molar-refractivity contribution in [3.05, 3.63) is 24.4 Å². The lowest BCUT2D eigenvalue weighted by Crippen LogP contribution is -2.33. The highest BCUT2D eigenvalue weighted by molar-refractivity contribution is 5.71. The van der Waals surface area contributed by atoms with Crippen molar-refractivity contribution in [2.45, 2.75) is 6.10 Å². The SMILES string of the molecule is Nc1ncc(-c2ccc3c(c2)OCCO3)c(OCC2COCCO2)n1. The van der Waals surface area contributed by atoms with E-state index in [1.807, 2.05) is 18.2 Å². The van der Waals surface area contributed by atoms with Crippen LogP contribution in [0.1, 0.15) is 0 Å². The fraction of sp³-hybridized carbons (Fsp3) is 0.412. The van der Waals surface area contributed by atoms with Gasteiger partial charge in [-0.05, 0) is 17.7 Å². The predicted octanol–water partition coefficient (Wildman–Crippen LogP) is 1.29. The first kappa shape index (κ1) is 15.9. The lowest BCUT2D eigenvalue weighted by Gasteiger charge is -2.23. The highest BCUT2D eigenvalue weighted by Crippen LogP contribution is 2.37. The smallest absolute Gasteiger partial charge is 0.226 e. The molecule has 2 N–H and O–H groups in total. The Hall–Kier alpha value is -2.58. The summed E-state index contributed by atoms with van der Waals surface area (Å²) in [5.74, 6) is 1.97. The van der Waals surface area contributed by atoms with Gasteiger partial charge >= 0.3 is 0 Å². The summed E-state index contributed by atoms with van der Waals surface area (Å²) < 4.78 is 28.0. The molecule has 1 unspecified atom stereocenters. The summed E-state index contributed by atoms with van der Waals surface area (Å²) in [7, 11) is 0. The number of hydrogen-bond acceptors (Lipinski definition) is 8. The molecule has 2 aliphatic rings. The molecule has 25 heavy (non-hydrogen) atoms. The molecule has 2 aromatic rings. The molecule has 0 saturated carbocycles. The predicted molar refractivity (Wildman–Crippen MR) is 88.9 cm³/mol. The van der Waals surface area contributed by atoms with Gasteiger partial charge in [0.05, 0.1) is 25.4 Å². The normalized spacial score (nSPS) is 19.4. The van der Waals surface area contributed by atoms with Crippen LogP contribution >= 0.6 is 0 Å². The average molecular weight is 345 g/mol. The Morgan fingerprint density at radius 2 is 2.00 bits per heavy atom. The Bertz CT molecular complexity index is 749. The third kappa shape index (κ3) is 3.59. The van der Waals surface area contributed by atoms with Gasteiger partial charge in [0.1, 0.15) is 25.9 Å². The monoisotopic (exact) mass is 345 g/mol. The number of nitrogens with zero attached hydrogens (tertiary/aromatic N) is 2. The van der Waals surface area contributed by atoms with Gasteiger partial charge in [-0.1, -0.05) is 6.07 Å². The molecule has 1 atom stereocenters. The van der Waals surface area contributed by atoms with Crippen molar-refractivity contribution in [2.75, 3.05) is 45.4 Å². The number of ether oxygens (including phenoxy) is 5. The van der Waals surface area contributed by atoms with E-state index in [4.69, 9.17) is 29.4 Å². The number of anilines is 1. The Labute approximate surface area is 144 Å². The molecular weight excluding hydrogens is 326 g/mol. The van der Waals surface area contributed by atoms with Gasteiger partial charge in [-0.15, -0.1) is 0 Å². The maximum atomic E-state index is 5.85. The van der Waals surface area contributed by atoms with Crippen LogP contribution in [0.25, 0.3) is 11.1 Å². The summed E-state index contributed by atoms with van der Waals surface area (Å²) >= 11 is 0. The van der Waals surface area contributed by atoms with E-state index in [0.29, 0.717) is 51.3 Å². The quantitative estimate of drug-likeness (QED) is 0.885. The standard InChI is InChI=1S/C17H19N3O5/c18-17-19-8-13(11-1-2-14-15(7-11)24-6-5-23-14)16(20-17)25-10-12-9-21-3-4-22-12/h1-2,7-8,12H,3-6,9-10H2,(H2,18,19,20). The molecule has 0 bridgehead atoms. The maximum Gasteiger partial charge on any atom is 0.226 e. The molecular formula is C17H19N3O5. The molecule has 2 aliphatic heterocycles. The van der Waals surface area contributed by atoms with Crippen molar-refractivity contribution in [1.82, 2.24) is 9.97 Å². The summed E-state index contributed by atoms with van der Waals surface area (Å²) in [5.41, 5.74) is 7.31. The first-order chi connectivity index (χ1) is 12.3. The summed E-state index contributed by atoms with van der Waals surface area (Å²) in [6.07, 6.45) is 1.51. The molecule has 8 heteroatoms. The number of nitrogens with two attached hydrogens (primary N) is 1. The molecule has 0 radical (unpaired) electrons. The van der Waals surface area contributed by atoms with E-state index in [-0.39, 0.29) is 12.1 Å². The third-order valence-electron chi connectivity index (χ3n) is 3.92. The van der Waals surface area contributed by atoms with Gasteiger partial charge in [-0.2, -0.15) is 4.98 Å². The van der Waals surface area contributed by atoms with Crippen LogP contribution in [0, 0.1) is 0 Å². The zero-order valence-corrected chi connectivity index (χ0v) is 13.6. The van der Waals surface area contributed by atoms with Crippen LogP contribution in [0.4, 0.5) is 5.95 Å². The Morgan fingerprint density at radius 1 is 1.12 bits per heavy atom. The van der Waals surface area contributed by atoms with E-state index >= 15 is 0 Å². The van der Waals surface area contributed by atoms with Crippen molar-refractivity contribution in [3.63, 3.8) is 0 Å². The van der Waals surface area contributed by atoms with Crippen LogP contribution in [0.15, 0.2) is 24.4 Å². The molecule has 0 aliphatic carbocycles. The zero-order chi connectivity index (χ0) is 17.1. The Morgan fingerprint density at radius 3 is 2.84 bits per heavy atom. The minimum Gasteiger partial charge on any atom is -0.486 e. The zero-order valence-electron chi connectivity index (χ0n) is 13.6. The van der Waals surface area contributed by atoms with Crippen LogP contribution in [0.3, 0.4) is 0 Å². The number of benzene rings is 1. The fourth-order valence-corrected chi connectivity index (χ4v) is 2.70. The second-order valence-electron chi connectivity index (χ2n) is 5.68. The highest BCUT2D eigenvalue weighted by Gasteiger charge is 2.19. The van der Waals surface area contributed by atoms with E-state index in [1.54, 1.807) is 6.20 Å². The lowest BCUT2D eigenvalue weighted by atomic mass is 10.1. The number of aromatic nitrogens is 2. The third-order valence-corrected chi connectivity index (χ3v) is 3.92. The van der Waals surface area contributed by atoms with Gasteiger partial charge in [-0.3, -0.25) is 0 Å². The molecule has 8 nitrogen and oxygen atoms in total. The van der Waals surface area contributed by atoms with Crippen molar-refractivity contribution in [2.24, 2.45) is 0 Å². The van der Waals surface area contributed by atoms with Crippen molar-refractivity contribution >= 4 is 5.95 Å². The minimum absolute atomic E-state index is 0.127. The van der Waals surface area contributed by atoms with E-state index in [1.165, 1.54) is 0 Å². The topological polar surface area (TPSA) is 98.0 Å². The first-order valence-corrected chi connectivity index (χ1v) is 8.14. The van der Waals surface area contributed by atoms with Gasteiger partial charge in [0.25, 0.3) is 0 Å². The Kier molecular flexibility index (Phi) is 4.53.